The Labute approximate surface area is 153 Å². The van der Waals surface area contributed by atoms with Crippen molar-refractivity contribution in [2.75, 3.05) is 32.8 Å². The van der Waals surface area contributed by atoms with Crippen molar-refractivity contribution in [1.82, 2.24) is 10.3 Å². The zero-order chi connectivity index (χ0) is 18.0. The van der Waals surface area contributed by atoms with Crippen LogP contribution in [0.5, 0.6) is 5.75 Å². The Kier molecular flexibility index (Phi) is 6.75. The zero-order valence-electron chi connectivity index (χ0n) is 14.6. The highest BCUT2D eigenvalue weighted by Crippen LogP contribution is 2.17. The zero-order valence-corrected chi connectivity index (χ0v) is 14.6. The van der Waals surface area contributed by atoms with E-state index in [1.807, 2.05) is 59.5 Å². The normalized spacial score (nSPS) is 15.1. The highest BCUT2D eigenvalue weighted by molar-refractivity contribution is 5.85. The van der Waals surface area contributed by atoms with Crippen molar-refractivity contribution in [2.24, 2.45) is 5.10 Å². The smallest absolute Gasteiger partial charge is 0.254 e. The fourth-order valence-electron chi connectivity index (χ4n) is 2.63. The van der Waals surface area contributed by atoms with Crippen molar-refractivity contribution in [3.05, 3.63) is 65.7 Å². The van der Waals surface area contributed by atoms with E-state index in [2.05, 4.69) is 10.5 Å². The number of hydrogen-bond acceptors (Lipinski definition) is 5. The van der Waals surface area contributed by atoms with Gasteiger partial charge in [0, 0.05) is 18.7 Å². The van der Waals surface area contributed by atoms with Gasteiger partial charge in [-0.05, 0) is 17.7 Å². The predicted molar refractivity (Wildman–Crippen MR) is 100 cm³/mol. The minimum absolute atomic E-state index is 0.133. The Morgan fingerprint density at radius 3 is 2.65 bits per heavy atom. The maximum Gasteiger partial charge on any atom is 0.254 e. The van der Waals surface area contributed by atoms with Gasteiger partial charge in [-0.15, -0.1) is 0 Å². The van der Waals surface area contributed by atoms with E-state index in [0.29, 0.717) is 26.4 Å². The van der Waals surface area contributed by atoms with Crippen LogP contribution in [0, 0.1) is 0 Å². The van der Waals surface area contributed by atoms with E-state index in [0.717, 1.165) is 30.0 Å². The second kappa shape index (κ2) is 9.70. The number of hydrogen-bond donors (Lipinski definition) is 1. The van der Waals surface area contributed by atoms with E-state index in [9.17, 15) is 4.79 Å². The summed E-state index contributed by atoms with van der Waals surface area (Å²) in [6.45, 7) is 3.69. The van der Waals surface area contributed by atoms with Crippen LogP contribution < -0.4 is 10.2 Å². The number of benzene rings is 2. The highest BCUT2D eigenvalue weighted by atomic mass is 16.5. The van der Waals surface area contributed by atoms with Crippen LogP contribution in [0.1, 0.15) is 11.1 Å². The summed E-state index contributed by atoms with van der Waals surface area (Å²) in [6, 6.07) is 17.6. The van der Waals surface area contributed by atoms with E-state index in [1.54, 1.807) is 6.21 Å². The summed E-state index contributed by atoms with van der Waals surface area (Å²) in [6.07, 6.45) is 1.61. The SMILES string of the molecule is O=C(CN1CCOCC1)N/N=C\c1ccccc1OCc1ccccc1. The molecule has 2 aromatic carbocycles. The van der Waals surface area contributed by atoms with Crippen LogP contribution in [0.25, 0.3) is 0 Å². The van der Waals surface area contributed by atoms with Crippen LogP contribution in [0.15, 0.2) is 59.7 Å². The maximum atomic E-state index is 12.0. The lowest BCUT2D eigenvalue weighted by Crippen LogP contribution is -2.42. The molecule has 0 bridgehead atoms. The van der Waals surface area contributed by atoms with Gasteiger partial charge in [-0.1, -0.05) is 42.5 Å². The van der Waals surface area contributed by atoms with Crippen molar-refractivity contribution >= 4 is 12.1 Å². The molecule has 0 atom stereocenters. The van der Waals surface area contributed by atoms with Crippen molar-refractivity contribution in [3.8, 4) is 5.75 Å². The molecule has 1 fully saturated rings. The van der Waals surface area contributed by atoms with Crippen molar-refractivity contribution in [1.29, 1.82) is 0 Å². The van der Waals surface area contributed by atoms with E-state index in [4.69, 9.17) is 9.47 Å². The summed E-state index contributed by atoms with van der Waals surface area (Å²) in [5, 5.41) is 4.06. The first-order chi connectivity index (χ1) is 12.8. The molecule has 1 N–H and O–H groups in total. The van der Waals surface area contributed by atoms with Crippen LogP contribution in [-0.2, 0) is 16.1 Å². The molecule has 26 heavy (non-hydrogen) atoms. The molecular formula is C20H23N3O3. The van der Waals surface area contributed by atoms with Gasteiger partial charge in [0.15, 0.2) is 0 Å². The standard InChI is InChI=1S/C20H23N3O3/c24-20(15-23-10-12-25-13-11-23)22-21-14-18-8-4-5-9-19(18)26-16-17-6-2-1-3-7-17/h1-9,14H,10-13,15-16H2,(H,22,24)/b21-14-. The number of nitrogens with zero attached hydrogens (tertiary/aromatic N) is 2. The summed E-state index contributed by atoms with van der Waals surface area (Å²) in [4.78, 5) is 14.0. The number of para-hydroxylation sites is 1. The molecule has 1 aliphatic rings. The molecule has 6 nitrogen and oxygen atoms in total. The van der Waals surface area contributed by atoms with Crippen LogP contribution in [-0.4, -0.2) is 49.9 Å². The third-order valence-electron chi connectivity index (χ3n) is 4.02. The molecule has 1 saturated heterocycles. The van der Waals surface area contributed by atoms with Gasteiger partial charge in [-0.3, -0.25) is 9.69 Å². The molecule has 1 heterocycles. The van der Waals surface area contributed by atoms with E-state index in [1.165, 1.54) is 0 Å². The number of nitrogens with one attached hydrogen (secondary N) is 1. The lowest BCUT2D eigenvalue weighted by molar-refractivity contribution is -0.123. The second-order valence-electron chi connectivity index (χ2n) is 5.99. The molecule has 0 radical (unpaired) electrons. The van der Waals surface area contributed by atoms with Crippen LogP contribution in [0.4, 0.5) is 0 Å². The molecule has 0 aromatic heterocycles. The third kappa shape index (κ3) is 5.68. The summed E-state index contributed by atoms with van der Waals surface area (Å²) >= 11 is 0. The van der Waals surface area contributed by atoms with E-state index in [-0.39, 0.29) is 5.91 Å². The number of morpholine rings is 1. The van der Waals surface area contributed by atoms with Gasteiger partial charge in [-0.25, -0.2) is 5.43 Å². The second-order valence-corrected chi connectivity index (χ2v) is 5.99. The van der Waals surface area contributed by atoms with Crippen LogP contribution >= 0.6 is 0 Å². The molecule has 3 rings (SSSR count). The van der Waals surface area contributed by atoms with E-state index < -0.39 is 0 Å². The topological polar surface area (TPSA) is 63.2 Å². The molecule has 1 aliphatic heterocycles. The van der Waals surface area contributed by atoms with Gasteiger partial charge in [0.25, 0.3) is 5.91 Å². The molecule has 0 spiro atoms. The number of ether oxygens (including phenoxy) is 2. The lowest BCUT2D eigenvalue weighted by Gasteiger charge is -2.25. The van der Waals surface area contributed by atoms with Gasteiger partial charge in [0.1, 0.15) is 12.4 Å². The Morgan fingerprint density at radius 1 is 1.12 bits per heavy atom. The minimum atomic E-state index is -0.133. The summed E-state index contributed by atoms with van der Waals surface area (Å²) < 4.78 is 11.1. The molecule has 0 aliphatic carbocycles. The predicted octanol–water partition coefficient (Wildman–Crippen LogP) is 2.05. The van der Waals surface area contributed by atoms with Crippen molar-refractivity contribution in [2.45, 2.75) is 6.61 Å². The molecule has 6 heteroatoms. The summed E-state index contributed by atoms with van der Waals surface area (Å²) in [5.41, 5.74) is 4.48. The third-order valence-corrected chi connectivity index (χ3v) is 4.02. The Balaban J connectivity index is 1.52. The minimum Gasteiger partial charge on any atom is -0.488 e. The first kappa shape index (κ1) is 18.1. The van der Waals surface area contributed by atoms with Crippen molar-refractivity contribution < 1.29 is 14.3 Å². The quantitative estimate of drug-likeness (QED) is 0.611. The van der Waals surface area contributed by atoms with Gasteiger partial charge < -0.3 is 9.47 Å². The number of hydrazone groups is 1. The average Bonchev–Trinajstić information content (AvgIpc) is 2.69. The monoisotopic (exact) mass is 353 g/mol. The Morgan fingerprint density at radius 2 is 1.85 bits per heavy atom. The molecule has 0 saturated carbocycles. The first-order valence-corrected chi connectivity index (χ1v) is 8.69. The fraction of sp³-hybridized carbons (Fsp3) is 0.300. The van der Waals surface area contributed by atoms with Crippen molar-refractivity contribution in [3.63, 3.8) is 0 Å². The molecule has 2 aromatic rings. The summed E-state index contributed by atoms with van der Waals surface area (Å²) in [5.74, 6) is 0.591. The largest absolute Gasteiger partial charge is 0.488 e. The summed E-state index contributed by atoms with van der Waals surface area (Å²) in [7, 11) is 0. The molecule has 136 valence electrons. The number of amides is 1. The van der Waals surface area contributed by atoms with Gasteiger partial charge in [-0.2, -0.15) is 5.10 Å². The number of rotatable bonds is 7. The first-order valence-electron chi connectivity index (χ1n) is 8.69. The maximum absolute atomic E-state index is 12.0. The van der Waals surface area contributed by atoms with Gasteiger partial charge >= 0.3 is 0 Å². The Hall–Kier alpha value is -2.70. The highest BCUT2D eigenvalue weighted by Gasteiger charge is 2.13. The van der Waals surface area contributed by atoms with Crippen LogP contribution in [0.3, 0.4) is 0 Å². The van der Waals surface area contributed by atoms with E-state index >= 15 is 0 Å². The fourth-order valence-corrected chi connectivity index (χ4v) is 2.63. The molecular weight excluding hydrogens is 330 g/mol. The number of carbonyl (C=O) groups is 1. The molecule has 1 amide bonds. The number of carbonyl (C=O) groups excluding carboxylic acids is 1. The van der Waals surface area contributed by atoms with Gasteiger partial charge in [0.05, 0.1) is 26.0 Å². The molecule has 0 unspecified atom stereocenters. The van der Waals surface area contributed by atoms with Crippen LogP contribution in [0.2, 0.25) is 0 Å². The average molecular weight is 353 g/mol. The van der Waals surface area contributed by atoms with Gasteiger partial charge in [0.2, 0.25) is 0 Å². The Bertz CT molecular complexity index is 728. The lowest BCUT2D eigenvalue weighted by atomic mass is 10.2.